The highest BCUT2D eigenvalue weighted by atomic mass is 16.3. The van der Waals surface area contributed by atoms with Crippen molar-refractivity contribution in [2.75, 3.05) is 26.2 Å². The molecule has 0 aliphatic rings. The van der Waals surface area contributed by atoms with Crippen LogP contribution >= 0.6 is 0 Å². The molecule has 0 aromatic carbocycles. The summed E-state index contributed by atoms with van der Waals surface area (Å²) < 4.78 is 0. The molecule has 1 amide bonds. The van der Waals surface area contributed by atoms with Gasteiger partial charge in [-0.1, -0.05) is 0 Å². The lowest BCUT2D eigenvalue weighted by Crippen LogP contribution is -2.34. The predicted molar refractivity (Wildman–Crippen MR) is 57.1 cm³/mol. The lowest BCUT2D eigenvalue weighted by atomic mass is 10.3. The van der Waals surface area contributed by atoms with Crippen LogP contribution in [-0.4, -0.2) is 48.2 Å². The van der Waals surface area contributed by atoms with Gasteiger partial charge in [-0.2, -0.15) is 0 Å². The van der Waals surface area contributed by atoms with Crippen LogP contribution in [0.2, 0.25) is 0 Å². The highest BCUT2D eigenvalue weighted by molar-refractivity contribution is 5.76. The van der Waals surface area contributed by atoms with Gasteiger partial charge in [0, 0.05) is 32.6 Å². The number of hydrogen-bond acceptors (Lipinski definition) is 3. The van der Waals surface area contributed by atoms with E-state index in [1.165, 1.54) is 0 Å². The molecule has 4 nitrogen and oxygen atoms in total. The van der Waals surface area contributed by atoms with E-state index in [1.807, 2.05) is 18.7 Å². The summed E-state index contributed by atoms with van der Waals surface area (Å²) in [5.41, 5.74) is 0. The fraction of sp³-hybridized carbons (Fsp3) is 0.900. The Kier molecular flexibility index (Phi) is 7.42. The Balaban J connectivity index is 3.52. The van der Waals surface area contributed by atoms with E-state index in [0.29, 0.717) is 19.5 Å². The van der Waals surface area contributed by atoms with Gasteiger partial charge in [0.15, 0.2) is 0 Å². The van der Waals surface area contributed by atoms with Crippen LogP contribution in [0.4, 0.5) is 0 Å². The number of nitrogens with zero attached hydrogens (tertiary/aromatic N) is 1. The SMILES string of the molecule is CCN(CC)C(=O)CCNC[C@@H](C)O. The Labute approximate surface area is 86.3 Å². The van der Waals surface area contributed by atoms with Gasteiger partial charge in [0.2, 0.25) is 5.91 Å². The quantitative estimate of drug-likeness (QED) is 0.580. The van der Waals surface area contributed by atoms with E-state index in [0.717, 1.165) is 13.1 Å². The lowest BCUT2D eigenvalue weighted by molar-refractivity contribution is -0.130. The molecule has 0 spiro atoms. The van der Waals surface area contributed by atoms with Crippen LogP contribution in [-0.2, 0) is 4.79 Å². The van der Waals surface area contributed by atoms with Crippen LogP contribution in [0.25, 0.3) is 0 Å². The van der Waals surface area contributed by atoms with Crippen molar-refractivity contribution in [3.8, 4) is 0 Å². The number of aliphatic hydroxyl groups excluding tert-OH is 1. The zero-order chi connectivity index (χ0) is 11.0. The second kappa shape index (κ2) is 7.76. The van der Waals surface area contributed by atoms with Crippen molar-refractivity contribution in [1.82, 2.24) is 10.2 Å². The van der Waals surface area contributed by atoms with Gasteiger partial charge in [-0.05, 0) is 20.8 Å². The summed E-state index contributed by atoms with van der Waals surface area (Å²) in [7, 11) is 0. The maximum absolute atomic E-state index is 11.5. The zero-order valence-electron chi connectivity index (χ0n) is 9.42. The van der Waals surface area contributed by atoms with E-state index in [1.54, 1.807) is 6.92 Å². The summed E-state index contributed by atoms with van der Waals surface area (Å²) in [6.07, 6.45) is 0.160. The van der Waals surface area contributed by atoms with Crippen molar-refractivity contribution >= 4 is 5.91 Å². The van der Waals surface area contributed by atoms with Gasteiger partial charge in [0.1, 0.15) is 0 Å². The molecule has 84 valence electrons. The Morgan fingerprint density at radius 3 is 2.43 bits per heavy atom. The van der Waals surface area contributed by atoms with Crippen molar-refractivity contribution in [2.24, 2.45) is 0 Å². The molecule has 0 radical (unpaired) electrons. The minimum absolute atomic E-state index is 0.174. The second-order valence-electron chi connectivity index (χ2n) is 3.37. The Hall–Kier alpha value is -0.610. The van der Waals surface area contributed by atoms with Crippen molar-refractivity contribution < 1.29 is 9.90 Å². The van der Waals surface area contributed by atoms with E-state index in [9.17, 15) is 4.79 Å². The first-order valence-electron chi connectivity index (χ1n) is 5.28. The van der Waals surface area contributed by atoms with Crippen LogP contribution in [0.3, 0.4) is 0 Å². The van der Waals surface area contributed by atoms with Gasteiger partial charge in [-0.3, -0.25) is 4.79 Å². The van der Waals surface area contributed by atoms with Gasteiger partial charge >= 0.3 is 0 Å². The van der Waals surface area contributed by atoms with Crippen molar-refractivity contribution in [3.05, 3.63) is 0 Å². The number of rotatable bonds is 7. The number of hydrogen-bond donors (Lipinski definition) is 2. The molecule has 0 unspecified atom stereocenters. The third-order valence-electron chi connectivity index (χ3n) is 2.07. The summed E-state index contributed by atoms with van der Waals surface area (Å²) >= 11 is 0. The zero-order valence-corrected chi connectivity index (χ0v) is 9.42. The molecule has 0 bridgehead atoms. The van der Waals surface area contributed by atoms with E-state index >= 15 is 0 Å². The third-order valence-corrected chi connectivity index (χ3v) is 2.07. The molecule has 0 aliphatic heterocycles. The molecule has 0 aromatic heterocycles. The Morgan fingerprint density at radius 1 is 1.43 bits per heavy atom. The molecular formula is C10H22N2O2. The Morgan fingerprint density at radius 2 is 2.00 bits per heavy atom. The summed E-state index contributed by atoms with van der Waals surface area (Å²) in [6, 6.07) is 0. The molecule has 0 rings (SSSR count). The lowest BCUT2D eigenvalue weighted by Gasteiger charge is -2.18. The van der Waals surface area contributed by atoms with E-state index in [4.69, 9.17) is 5.11 Å². The number of aliphatic hydroxyl groups is 1. The fourth-order valence-corrected chi connectivity index (χ4v) is 1.24. The van der Waals surface area contributed by atoms with Gasteiger partial charge in [0.05, 0.1) is 6.10 Å². The van der Waals surface area contributed by atoms with Crippen LogP contribution in [0, 0.1) is 0 Å². The highest BCUT2D eigenvalue weighted by Gasteiger charge is 2.08. The first-order chi connectivity index (χ1) is 6.61. The largest absolute Gasteiger partial charge is 0.392 e. The highest BCUT2D eigenvalue weighted by Crippen LogP contribution is 1.92. The molecule has 0 aromatic rings. The molecule has 4 heteroatoms. The van der Waals surface area contributed by atoms with Crippen molar-refractivity contribution in [2.45, 2.75) is 33.3 Å². The van der Waals surface area contributed by atoms with Gasteiger partial charge < -0.3 is 15.3 Å². The number of nitrogens with one attached hydrogen (secondary N) is 1. The molecule has 0 aliphatic carbocycles. The minimum atomic E-state index is -0.349. The minimum Gasteiger partial charge on any atom is -0.392 e. The monoisotopic (exact) mass is 202 g/mol. The van der Waals surface area contributed by atoms with E-state index in [2.05, 4.69) is 5.32 Å². The molecule has 1 atom stereocenters. The van der Waals surface area contributed by atoms with Crippen LogP contribution < -0.4 is 5.32 Å². The maximum Gasteiger partial charge on any atom is 0.223 e. The molecule has 0 saturated heterocycles. The average Bonchev–Trinajstić information content (AvgIpc) is 2.14. The third kappa shape index (κ3) is 5.94. The van der Waals surface area contributed by atoms with Crippen LogP contribution in [0.1, 0.15) is 27.2 Å². The second-order valence-corrected chi connectivity index (χ2v) is 3.37. The predicted octanol–water partition coefficient (Wildman–Crippen LogP) is 0.215. The molecule has 14 heavy (non-hydrogen) atoms. The summed E-state index contributed by atoms with van der Waals surface area (Å²) in [6.45, 7) is 8.40. The first kappa shape index (κ1) is 13.4. The summed E-state index contributed by atoms with van der Waals surface area (Å²) in [5.74, 6) is 0.174. The smallest absolute Gasteiger partial charge is 0.223 e. The molecule has 0 heterocycles. The topological polar surface area (TPSA) is 52.6 Å². The van der Waals surface area contributed by atoms with Crippen LogP contribution in [0.15, 0.2) is 0 Å². The van der Waals surface area contributed by atoms with Gasteiger partial charge in [-0.25, -0.2) is 0 Å². The van der Waals surface area contributed by atoms with E-state index in [-0.39, 0.29) is 12.0 Å². The summed E-state index contributed by atoms with van der Waals surface area (Å²) in [5, 5.41) is 12.0. The standard InChI is InChI=1S/C10H22N2O2/c1-4-12(5-2)10(14)6-7-11-8-9(3)13/h9,11,13H,4-8H2,1-3H3/t9-/m1/s1. The molecule has 2 N–H and O–H groups in total. The molecular weight excluding hydrogens is 180 g/mol. The maximum atomic E-state index is 11.5. The normalized spacial score (nSPS) is 12.6. The first-order valence-corrected chi connectivity index (χ1v) is 5.28. The van der Waals surface area contributed by atoms with Crippen LogP contribution in [0.5, 0.6) is 0 Å². The average molecular weight is 202 g/mol. The van der Waals surface area contributed by atoms with Crippen molar-refractivity contribution in [1.29, 1.82) is 0 Å². The molecule has 0 saturated carbocycles. The summed E-state index contributed by atoms with van der Waals surface area (Å²) in [4.78, 5) is 13.3. The fourth-order valence-electron chi connectivity index (χ4n) is 1.24. The van der Waals surface area contributed by atoms with Gasteiger partial charge in [-0.15, -0.1) is 0 Å². The van der Waals surface area contributed by atoms with Crippen molar-refractivity contribution in [3.63, 3.8) is 0 Å². The number of amides is 1. The number of carbonyl (C=O) groups is 1. The number of carbonyl (C=O) groups excluding carboxylic acids is 1. The Bertz CT molecular complexity index is 156. The molecule has 0 fully saturated rings. The van der Waals surface area contributed by atoms with E-state index < -0.39 is 0 Å². The van der Waals surface area contributed by atoms with Gasteiger partial charge in [0.25, 0.3) is 0 Å².